The van der Waals surface area contributed by atoms with E-state index in [1.54, 1.807) is 0 Å². The van der Waals surface area contributed by atoms with Crippen LogP contribution in [0.4, 0.5) is 17.1 Å². The van der Waals surface area contributed by atoms with Gasteiger partial charge in [-0.3, -0.25) is 0 Å². The summed E-state index contributed by atoms with van der Waals surface area (Å²) < 4.78 is 12.3. The second-order valence-corrected chi connectivity index (χ2v) is 18.4. The van der Waals surface area contributed by atoms with Crippen LogP contribution in [0.15, 0.2) is 270 Å². The Kier molecular flexibility index (Phi) is 9.11. The summed E-state index contributed by atoms with van der Waals surface area (Å²) in [5, 5.41) is 4.51. The van der Waals surface area contributed by atoms with Crippen LogP contribution < -0.4 is 4.90 Å². The van der Waals surface area contributed by atoms with E-state index in [0.717, 1.165) is 94.3 Å². The Morgan fingerprint density at radius 1 is 0.257 bits per heavy atom. The van der Waals surface area contributed by atoms with Gasteiger partial charge >= 0.3 is 0 Å². The van der Waals surface area contributed by atoms with E-state index in [1.165, 1.54) is 33.4 Å². The third-order valence-corrected chi connectivity index (χ3v) is 14.6. The Labute approximate surface area is 405 Å². The van der Waals surface area contributed by atoms with Crippen LogP contribution in [0.3, 0.4) is 0 Å². The molecular formula is C67H43NO2. The van der Waals surface area contributed by atoms with Crippen molar-refractivity contribution in [2.45, 2.75) is 5.41 Å². The molecule has 1 aliphatic carbocycles. The molecule has 0 atom stereocenters. The minimum Gasteiger partial charge on any atom is -0.456 e. The van der Waals surface area contributed by atoms with Gasteiger partial charge in [-0.2, -0.15) is 0 Å². The van der Waals surface area contributed by atoms with Crippen LogP contribution in [0, 0.1) is 0 Å². The third-order valence-electron chi connectivity index (χ3n) is 14.6. The Hall–Kier alpha value is -9.18. The highest BCUT2D eigenvalue weighted by Gasteiger charge is 2.45. The van der Waals surface area contributed by atoms with E-state index < -0.39 is 5.41 Å². The van der Waals surface area contributed by atoms with Gasteiger partial charge in [0.25, 0.3) is 0 Å². The standard InChI is InChI=1S/C67H43NO2/c1-2-15-50(16-3-1)67(61-21-8-4-17-55(61)56-18-5-9-22-62(56)67)51-31-37-54(38-32-51)68(53-35-27-45(28-36-53)48-29-39-65-59(42-48)57-19-6-10-23-63(57)69-65)52-33-25-44(26-34-52)46-13-12-14-47(41-46)49-30-40-66-60(43-49)58-20-7-11-24-64(58)70-66/h1-43H. The molecule has 0 saturated carbocycles. The van der Waals surface area contributed by atoms with Crippen molar-refractivity contribution in [3.8, 4) is 44.5 Å². The van der Waals surface area contributed by atoms with Gasteiger partial charge in [0, 0.05) is 38.6 Å². The predicted molar refractivity (Wildman–Crippen MR) is 289 cm³/mol. The number of hydrogen-bond acceptors (Lipinski definition) is 3. The number of fused-ring (bicyclic) bond motifs is 9. The van der Waals surface area contributed by atoms with E-state index in [2.05, 4.69) is 241 Å². The quantitative estimate of drug-likeness (QED) is 0.152. The molecule has 0 saturated heterocycles. The van der Waals surface area contributed by atoms with Crippen molar-refractivity contribution in [1.82, 2.24) is 0 Å². The van der Waals surface area contributed by atoms with Gasteiger partial charge in [0.15, 0.2) is 0 Å². The van der Waals surface area contributed by atoms with Gasteiger partial charge in [0.1, 0.15) is 22.3 Å². The number of nitrogens with zero attached hydrogens (tertiary/aromatic N) is 1. The smallest absolute Gasteiger partial charge is 0.135 e. The van der Waals surface area contributed by atoms with E-state index in [1.807, 2.05) is 24.3 Å². The Morgan fingerprint density at radius 2 is 0.643 bits per heavy atom. The monoisotopic (exact) mass is 893 g/mol. The normalized spacial score (nSPS) is 12.7. The zero-order chi connectivity index (χ0) is 46.2. The van der Waals surface area contributed by atoms with Crippen LogP contribution in [0.25, 0.3) is 88.4 Å². The lowest BCUT2D eigenvalue weighted by atomic mass is 9.68. The molecule has 14 rings (SSSR count). The summed E-state index contributed by atoms with van der Waals surface area (Å²) in [6.45, 7) is 0. The van der Waals surface area contributed by atoms with Gasteiger partial charge in [0.2, 0.25) is 0 Å². The maximum absolute atomic E-state index is 6.18. The second-order valence-electron chi connectivity index (χ2n) is 18.4. The summed E-state index contributed by atoms with van der Waals surface area (Å²) >= 11 is 0. The van der Waals surface area contributed by atoms with E-state index in [0.29, 0.717) is 0 Å². The van der Waals surface area contributed by atoms with Crippen LogP contribution in [-0.4, -0.2) is 0 Å². The fraction of sp³-hybridized carbons (Fsp3) is 0.0149. The first-order chi connectivity index (χ1) is 34.7. The van der Waals surface area contributed by atoms with Crippen LogP contribution in [0.1, 0.15) is 22.3 Å². The van der Waals surface area contributed by atoms with E-state index in [-0.39, 0.29) is 0 Å². The van der Waals surface area contributed by atoms with Gasteiger partial charge in [-0.1, -0.05) is 182 Å². The molecule has 3 nitrogen and oxygen atoms in total. The summed E-state index contributed by atoms with van der Waals surface area (Å²) in [5.74, 6) is 0. The van der Waals surface area contributed by atoms with E-state index >= 15 is 0 Å². The minimum absolute atomic E-state index is 0.477. The summed E-state index contributed by atoms with van der Waals surface area (Å²) in [6.07, 6.45) is 0. The molecule has 0 N–H and O–H groups in total. The lowest BCUT2D eigenvalue weighted by Gasteiger charge is -2.34. The zero-order valence-corrected chi connectivity index (χ0v) is 38.1. The highest BCUT2D eigenvalue weighted by atomic mass is 16.3. The largest absolute Gasteiger partial charge is 0.456 e. The minimum atomic E-state index is -0.477. The average Bonchev–Trinajstić information content (AvgIpc) is 4.10. The molecule has 0 radical (unpaired) electrons. The van der Waals surface area contributed by atoms with Gasteiger partial charge in [-0.25, -0.2) is 0 Å². The lowest BCUT2D eigenvalue weighted by Crippen LogP contribution is -2.28. The molecule has 0 spiro atoms. The van der Waals surface area contributed by atoms with E-state index in [4.69, 9.17) is 8.83 Å². The molecule has 1 aliphatic rings. The van der Waals surface area contributed by atoms with Crippen LogP contribution in [-0.2, 0) is 5.41 Å². The number of hydrogen-bond donors (Lipinski definition) is 0. The molecule has 0 amide bonds. The fourth-order valence-electron chi connectivity index (χ4n) is 11.3. The Bertz CT molecular complexity index is 4060. The van der Waals surface area contributed by atoms with Crippen molar-refractivity contribution in [2.24, 2.45) is 0 Å². The van der Waals surface area contributed by atoms with Gasteiger partial charge < -0.3 is 13.7 Å². The molecule has 13 aromatic rings. The Morgan fingerprint density at radius 3 is 1.19 bits per heavy atom. The van der Waals surface area contributed by atoms with Crippen molar-refractivity contribution >= 4 is 60.9 Å². The second kappa shape index (κ2) is 16.0. The first-order valence-electron chi connectivity index (χ1n) is 24.0. The van der Waals surface area contributed by atoms with Gasteiger partial charge in [0.05, 0.1) is 5.41 Å². The van der Waals surface area contributed by atoms with Crippen LogP contribution >= 0.6 is 0 Å². The molecule has 3 heteroatoms. The number of furan rings is 2. The topological polar surface area (TPSA) is 29.5 Å². The molecule has 0 bridgehead atoms. The molecule has 70 heavy (non-hydrogen) atoms. The van der Waals surface area contributed by atoms with Crippen molar-refractivity contribution in [2.75, 3.05) is 4.90 Å². The summed E-state index contributed by atoms with van der Waals surface area (Å²) in [7, 11) is 0. The molecule has 2 heterocycles. The van der Waals surface area contributed by atoms with Crippen molar-refractivity contribution in [1.29, 1.82) is 0 Å². The number of para-hydroxylation sites is 2. The van der Waals surface area contributed by atoms with Crippen molar-refractivity contribution in [3.63, 3.8) is 0 Å². The van der Waals surface area contributed by atoms with Gasteiger partial charge in [-0.15, -0.1) is 0 Å². The first-order valence-corrected chi connectivity index (χ1v) is 24.0. The van der Waals surface area contributed by atoms with Crippen LogP contribution in [0.2, 0.25) is 0 Å². The van der Waals surface area contributed by atoms with Crippen LogP contribution in [0.5, 0.6) is 0 Å². The SMILES string of the molecule is c1ccc(C2(c3ccc(N(c4ccc(-c5cccc(-c6ccc7oc8ccccc8c7c6)c5)cc4)c4ccc(-c5ccc6oc7ccccc7c6c5)cc4)cc3)c3ccccc3-c3ccccc32)cc1. The zero-order valence-electron chi connectivity index (χ0n) is 38.1. The highest BCUT2D eigenvalue weighted by molar-refractivity contribution is 6.07. The Balaban J connectivity index is 0.863. The number of benzene rings is 11. The average molecular weight is 894 g/mol. The first kappa shape index (κ1) is 39.9. The molecule has 328 valence electrons. The molecule has 0 aliphatic heterocycles. The van der Waals surface area contributed by atoms with Crippen molar-refractivity contribution < 1.29 is 8.83 Å². The van der Waals surface area contributed by atoms with E-state index in [9.17, 15) is 0 Å². The van der Waals surface area contributed by atoms with Crippen molar-refractivity contribution in [3.05, 3.63) is 283 Å². The summed E-state index contributed by atoms with van der Waals surface area (Å²) in [4.78, 5) is 2.37. The highest BCUT2D eigenvalue weighted by Crippen LogP contribution is 2.56. The fourth-order valence-corrected chi connectivity index (χ4v) is 11.3. The van der Waals surface area contributed by atoms with Gasteiger partial charge in [-0.05, 0) is 146 Å². The summed E-state index contributed by atoms with van der Waals surface area (Å²) in [5.41, 5.74) is 20.9. The number of anilines is 3. The maximum Gasteiger partial charge on any atom is 0.135 e. The maximum atomic E-state index is 6.18. The molecule has 11 aromatic carbocycles. The molecule has 0 unspecified atom stereocenters. The number of rotatable bonds is 8. The molecule has 2 aromatic heterocycles. The summed E-state index contributed by atoms with van der Waals surface area (Å²) in [6, 6.07) is 94.4. The molecular weight excluding hydrogens is 851 g/mol. The third kappa shape index (κ3) is 6.29. The lowest BCUT2D eigenvalue weighted by molar-refractivity contribution is 0.668. The molecule has 0 fully saturated rings. The predicted octanol–water partition coefficient (Wildman–Crippen LogP) is 18.3.